The Bertz CT molecular complexity index is 2740. The fraction of sp³-hybridized carbons (Fsp3) is 0.0769. The first kappa shape index (κ1) is 31.7. The SMILES string of the molecule is CC1(C)c2ccccc2N(c2ccccc2)c2cc(N(c3ccccc3)c3cccc4c3-c3ccccc3C43c4ccccc4Oc4ccccc43)ccc21. The molecule has 0 aromatic heterocycles. The molecule has 0 unspecified atom stereocenters. The second-order valence-corrected chi connectivity index (χ2v) is 15.3. The van der Waals surface area contributed by atoms with Crippen LogP contribution in [0.15, 0.2) is 194 Å². The molecule has 3 heteroatoms. The molecule has 2 heterocycles. The third-order valence-corrected chi connectivity index (χ3v) is 12.1. The molecule has 2 aliphatic heterocycles. The minimum absolute atomic E-state index is 0.198. The zero-order valence-corrected chi connectivity index (χ0v) is 30.8. The second kappa shape index (κ2) is 11.8. The third-order valence-electron chi connectivity index (χ3n) is 12.1. The number of fused-ring (bicyclic) bond motifs is 11. The van der Waals surface area contributed by atoms with E-state index in [1.54, 1.807) is 0 Å². The number of ether oxygens (including phenoxy) is 1. The van der Waals surface area contributed by atoms with E-state index < -0.39 is 5.41 Å². The van der Waals surface area contributed by atoms with Crippen LogP contribution in [0.25, 0.3) is 11.1 Å². The highest BCUT2D eigenvalue weighted by atomic mass is 16.5. The summed E-state index contributed by atoms with van der Waals surface area (Å²) in [4.78, 5) is 4.90. The average Bonchev–Trinajstić information content (AvgIpc) is 3.53. The van der Waals surface area contributed by atoms with Crippen molar-refractivity contribution >= 4 is 34.1 Å². The van der Waals surface area contributed by atoms with Gasteiger partial charge in [0.2, 0.25) is 0 Å². The van der Waals surface area contributed by atoms with Crippen LogP contribution in [-0.4, -0.2) is 0 Å². The predicted octanol–water partition coefficient (Wildman–Crippen LogP) is 13.7. The van der Waals surface area contributed by atoms with Gasteiger partial charge in [0.15, 0.2) is 0 Å². The topological polar surface area (TPSA) is 15.7 Å². The fourth-order valence-electron chi connectivity index (χ4n) is 9.77. The molecule has 0 bridgehead atoms. The zero-order chi connectivity index (χ0) is 36.7. The first-order valence-corrected chi connectivity index (χ1v) is 19.1. The Balaban J connectivity index is 1.20. The monoisotopic (exact) mass is 706 g/mol. The van der Waals surface area contributed by atoms with Crippen molar-refractivity contribution in [1.29, 1.82) is 0 Å². The normalized spacial score (nSPS) is 14.8. The van der Waals surface area contributed by atoms with E-state index in [0.717, 1.165) is 45.4 Å². The van der Waals surface area contributed by atoms with Crippen molar-refractivity contribution in [2.75, 3.05) is 9.80 Å². The summed E-state index contributed by atoms with van der Waals surface area (Å²) in [7, 11) is 0. The standard InChI is InChI=1S/C52H38N2O/c1-51(2)40-24-11-14-28-45(40)54(36-20-7-4-8-21-36)47-34-37(32-33-41(47)51)53(35-18-5-3-6-19-35)46-29-17-27-44-50(46)38-22-9-10-23-39(38)52(44)42-25-12-15-30-48(42)55-49-31-16-13-26-43(49)52/h3-34H,1-2H3. The minimum atomic E-state index is -0.552. The molecule has 1 aliphatic carbocycles. The Morgan fingerprint density at radius 3 is 1.73 bits per heavy atom. The van der Waals surface area contributed by atoms with Crippen LogP contribution < -0.4 is 14.5 Å². The molecule has 0 saturated carbocycles. The quantitative estimate of drug-likeness (QED) is 0.181. The highest BCUT2D eigenvalue weighted by Crippen LogP contribution is 2.64. The first-order valence-electron chi connectivity index (χ1n) is 19.1. The first-order chi connectivity index (χ1) is 27.1. The van der Waals surface area contributed by atoms with Crippen molar-refractivity contribution in [3.05, 3.63) is 228 Å². The minimum Gasteiger partial charge on any atom is -0.457 e. The lowest BCUT2D eigenvalue weighted by Crippen LogP contribution is -2.32. The van der Waals surface area contributed by atoms with Crippen molar-refractivity contribution in [2.24, 2.45) is 0 Å². The van der Waals surface area contributed by atoms with Crippen LogP contribution in [0.3, 0.4) is 0 Å². The van der Waals surface area contributed by atoms with Gasteiger partial charge in [-0.05, 0) is 88.5 Å². The van der Waals surface area contributed by atoms with E-state index in [-0.39, 0.29) is 5.41 Å². The number of para-hydroxylation sites is 5. The summed E-state index contributed by atoms with van der Waals surface area (Å²) < 4.78 is 6.64. The summed E-state index contributed by atoms with van der Waals surface area (Å²) in [6.07, 6.45) is 0. The highest BCUT2D eigenvalue weighted by molar-refractivity contribution is 5.99. The van der Waals surface area contributed by atoms with Crippen LogP contribution in [0.4, 0.5) is 34.1 Å². The van der Waals surface area contributed by atoms with Crippen LogP contribution >= 0.6 is 0 Å². The van der Waals surface area contributed by atoms with E-state index in [1.807, 2.05) is 0 Å². The molecule has 11 rings (SSSR count). The maximum absolute atomic E-state index is 6.64. The Hall–Kier alpha value is -6.84. The molecular formula is C52H38N2O. The fourth-order valence-corrected chi connectivity index (χ4v) is 9.77. The van der Waals surface area contributed by atoms with Crippen molar-refractivity contribution in [3.8, 4) is 22.6 Å². The molecule has 3 nitrogen and oxygen atoms in total. The second-order valence-electron chi connectivity index (χ2n) is 15.3. The van der Waals surface area contributed by atoms with Crippen molar-refractivity contribution < 1.29 is 4.74 Å². The van der Waals surface area contributed by atoms with Gasteiger partial charge in [0, 0.05) is 39.2 Å². The summed E-state index contributed by atoms with van der Waals surface area (Å²) in [5, 5.41) is 0. The van der Waals surface area contributed by atoms with Crippen molar-refractivity contribution in [3.63, 3.8) is 0 Å². The van der Waals surface area contributed by atoms with E-state index in [2.05, 4.69) is 218 Å². The summed E-state index contributed by atoms with van der Waals surface area (Å²) in [6.45, 7) is 4.71. The summed E-state index contributed by atoms with van der Waals surface area (Å²) in [5.74, 6) is 1.79. The van der Waals surface area contributed by atoms with Crippen LogP contribution in [0.2, 0.25) is 0 Å². The summed E-state index contributed by atoms with van der Waals surface area (Å²) >= 11 is 0. The molecule has 8 aromatic rings. The smallest absolute Gasteiger partial charge is 0.132 e. The summed E-state index contributed by atoms with van der Waals surface area (Å²) in [5.41, 5.74) is 16.1. The predicted molar refractivity (Wildman–Crippen MR) is 225 cm³/mol. The van der Waals surface area contributed by atoms with Crippen LogP contribution in [0, 0.1) is 0 Å². The van der Waals surface area contributed by atoms with Crippen molar-refractivity contribution in [1.82, 2.24) is 0 Å². The molecule has 0 amide bonds. The van der Waals surface area contributed by atoms with Gasteiger partial charge in [-0.2, -0.15) is 0 Å². The van der Waals surface area contributed by atoms with Gasteiger partial charge >= 0.3 is 0 Å². The summed E-state index contributed by atoms with van der Waals surface area (Å²) in [6, 6.07) is 70.6. The molecule has 3 aliphatic rings. The van der Waals surface area contributed by atoms with Gasteiger partial charge in [0.25, 0.3) is 0 Å². The highest BCUT2D eigenvalue weighted by Gasteiger charge is 2.52. The number of anilines is 6. The maximum atomic E-state index is 6.64. The van der Waals surface area contributed by atoms with Gasteiger partial charge in [-0.1, -0.05) is 147 Å². The number of nitrogens with zero attached hydrogens (tertiary/aromatic N) is 2. The molecule has 55 heavy (non-hydrogen) atoms. The lowest BCUT2D eigenvalue weighted by Gasteiger charge is -2.42. The zero-order valence-electron chi connectivity index (χ0n) is 30.8. The Morgan fingerprint density at radius 2 is 1.00 bits per heavy atom. The van der Waals surface area contributed by atoms with E-state index in [4.69, 9.17) is 4.74 Å². The van der Waals surface area contributed by atoms with E-state index >= 15 is 0 Å². The van der Waals surface area contributed by atoms with Gasteiger partial charge in [0.1, 0.15) is 11.5 Å². The third kappa shape index (κ3) is 4.38. The van der Waals surface area contributed by atoms with Crippen LogP contribution in [-0.2, 0) is 10.8 Å². The number of benzene rings is 8. The van der Waals surface area contributed by atoms with Gasteiger partial charge < -0.3 is 14.5 Å². The van der Waals surface area contributed by atoms with E-state index in [9.17, 15) is 0 Å². The molecule has 262 valence electrons. The number of rotatable bonds is 4. The Labute approximate surface area is 322 Å². The number of hydrogen-bond donors (Lipinski definition) is 0. The maximum Gasteiger partial charge on any atom is 0.132 e. The molecule has 0 atom stereocenters. The molecule has 0 saturated heterocycles. The van der Waals surface area contributed by atoms with Crippen molar-refractivity contribution in [2.45, 2.75) is 24.7 Å². The Morgan fingerprint density at radius 1 is 0.436 bits per heavy atom. The molecule has 0 N–H and O–H groups in total. The molecular weight excluding hydrogens is 669 g/mol. The average molecular weight is 707 g/mol. The van der Waals surface area contributed by atoms with Gasteiger partial charge in [-0.3, -0.25) is 0 Å². The van der Waals surface area contributed by atoms with Gasteiger partial charge in [-0.25, -0.2) is 0 Å². The largest absolute Gasteiger partial charge is 0.457 e. The van der Waals surface area contributed by atoms with Gasteiger partial charge in [-0.15, -0.1) is 0 Å². The van der Waals surface area contributed by atoms with Crippen LogP contribution in [0.1, 0.15) is 47.2 Å². The van der Waals surface area contributed by atoms with E-state index in [1.165, 1.54) is 44.8 Å². The Kier molecular flexibility index (Phi) is 6.81. The molecule has 0 radical (unpaired) electrons. The lowest BCUT2D eigenvalue weighted by atomic mass is 9.66. The number of hydrogen-bond acceptors (Lipinski definition) is 3. The lowest BCUT2D eigenvalue weighted by molar-refractivity contribution is 0.436. The molecule has 1 spiro atoms. The van der Waals surface area contributed by atoms with Gasteiger partial charge in [0.05, 0.1) is 22.5 Å². The van der Waals surface area contributed by atoms with E-state index in [0.29, 0.717) is 0 Å². The molecule has 0 fully saturated rings. The van der Waals surface area contributed by atoms with Crippen LogP contribution in [0.5, 0.6) is 11.5 Å². The molecule has 8 aromatic carbocycles.